The number of ketones is 1. The van der Waals surface area contributed by atoms with Crippen molar-refractivity contribution < 1.29 is 22.7 Å². The Morgan fingerprint density at radius 3 is 2.21 bits per heavy atom. The monoisotopic (exact) mass is 480 g/mol. The smallest absolute Gasteiger partial charge is 0.317 e. The fourth-order valence-corrected chi connectivity index (χ4v) is 5.44. The normalized spacial score (nSPS) is 15.3. The van der Waals surface area contributed by atoms with Crippen LogP contribution in [0.5, 0.6) is 0 Å². The molecule has 2 aromatic carbocycles. The third-order valence-electron chi connectivity index (χ3n) is 6.66. The van der Waals surface area contributed by atoms with Crippen molar-refractivity contribution in [2.75, 3.05) is 6.61 Å². The van der Waals surface area contributed by atoms with Crippen LogP contribution in [0.3, 0.4) is 0 Å². The Morgan fingerprint density at radius 2 is 1.62 bits per heavy atom. The predicted octanol–water partition coefficient (Wildman–Crippen LogP) is 3.98. The van der Waals surface area contributed by atoms with Crippen molar-refractivity contribution in [1.82, 2.24) is 4.57 Å². The van der Waals surface area contributed by atoms with Crippen LogP contribution in [0.4, 0.5) is 0 Å². The van der Waals surface area contributed by atoms with Crippen molar-refractivity contribution in [3.8, 4) is 5.69 Å². The van der Waals surface area contributed by atoms with Gasteiger partial charge < -0.3 is 9.30 Å². The van der Waals surface area contributed by atoms with E-state index in [0.29, 0.717) is 29.8 Å². The van der Waals surface area contributed by atoms with E-state index in [2.05, 4.69) is 0 Å². The molecule has 1 aliphatic rings. The third-order valence-corrected chi connectivity index (χ3v) is 7.59. The molecule has 178 valence electrons. The highest BCUT2D eigenvalue weighted by Gasteiger charge is 2.44. The first-order valence-corrected chi connectivity index (χ1v) is 12.8. The van der Waals surface area contributed by atoms with Crippen molar-refractivity contribution >= 4 is 21.8 Å². The molecular formula is C26H28N2O5S. The maximum Gasteiger partial charge on any atom is 0.317 e. The van der Waals surface area contributed by atoms with Gasteiger partial charge in [0, 0.05) is 22.6 Å². The number of nitrogens with two attached hydrogens (primary N) is 1. The lowest BCUT2D eigenvalue weighted by Gasteiger charge is -2.27. The summed E-state index contributed by atoms with van der Waals surface area (Å²) in [6.07, 6.45) is 3.33. The molecular weight excluding hydrogens is 452 g/mol. The first-order chi connectivity index (χ1) is 16.1. The quantitative estimate of drug-likeness (QED) is 0.406. The Morgan fingerprint density at radius 1 is 1.00 bits per heavy atom. The molecule has 0 unspecified atom stereocenters. The van der Waals surface area contributed by atoms with E-state index in [-0.39, 0.29) is 23.3 Å². The molecule has 2 N–H and O–H groups in total. The average molecular weight is 481 g/mol. The molecule has 0 saturated heterocycles. The Labute approximate surface area is 199 Å². The number of carbonyl (C=O) groups excluding carboxylic acids is 2. The van der Waals surface area contributed by atoms with Crippen molar-refractivity contribution in [1.29, 1.82) is 0 Å². The maximum atomic E-state index is 13.2. The van der Waals surface area contributed by atoms with Crippen molar-refractivity contribution in [2.45, 2.75) is 49.8 Å². The van der Waals surface area contributed by atoms with Crippen molar-refractivity contribution in [2.24, 2.45) is 5.14 Å². The Balaban J connectivity index is 1.53. The second kappa shape index (κ2) is 9.19. The van der Waals surface area contributed by atoms with Gasteiger partial charge in [0.2, 0.25) is 15.8 Å². The van der Waals surface area contributed by atoms with E-state index in [1.165, 1.54) is 12.1 Å². The van der Waals surface area contributed by atoms with Crippen LogP contribution >= 0.6 is 0 Å². The minimum Gasteiger partial charge on any atom is -0.457 e. The van der Waals surface area contributed by atoms with Crippen LogP contribution in [0.1, 0.15) is 53.0 Å². The lowest BCUT2D eigenvalue weighted by atomic mass is 9.79. The summed E-state index contributed by atoms with van der Waals surface area (Å²) in [4.78, 5) is 26.2. The molecule has 0 amide bonds. The van der Waals surface area contributed by atoms with Crippen molar-refractivity contribution in [3.63, 3.8) is 0 Å². The number of rotatable bonds is 7. The number of Topliss-reactive ketones (excluding diaryl/α,β-unsaturated/α-hetero) is 1. The lowest BCUT2D eigenvalue weighted by molar-refractivity contribution is -0.149. The van der Waals surface area contributed by atoms with Crippen molar-refractivity contribution in [3.05, 3.63) is 83.2 Å². The molecule has 0 radical (unpaired) electrons. The number of benzene rings is 2. The van der Waals surface area contributed by atoms with Gasteiger partial charge in [0.15, 0.2) is 6.61 Å². The first-order valence-electron chi connectivity index (χ1n) is 11.2. The minimum atomic E-state index is -3.79. The second-order valence-corrected chi connectivity index (χ2v) is 10.4. The summed E-state index contributed by atoms with van der Waals surface area (Å²) in [7, 11) is -3.79. The van der Waals surface area contributed by atoms with Gasteiger partial charge in [-0.1, -0.05) is 43.2 Å². The van der Waals surface area contributed by atoms with Crippen LogP contribution in [0, 0.1) is 13.8 Å². The van der Waals surface area contributed by atoms with E-state index >= 15 is 0 Å². The van der Waals surface area contributed by atoms with E-state index in [9.17, 15) is 18.0 Å². The molecule has 0 spiro atoms. The number of aromatic nitrogens is 1. The largest absolute Gasteiger partial charge is 0.457 e. The lowest BCUT2D eigenvalue weighted by Crippen LogP contribution is -2.35. The zero-order valence-electron chi connectivity index (χ0n) is 19.3. The maximum absolute atomic E-state index is 13.2. The number of aryl methyl sites for hydroxylation is 1. The zero-order chi connectivity index (χ0) is 24.5. The van der Waals surface area contributed by atoms with Crippen LogP contribution in [0.2, 0.25) is 0 Å². The molecule has 1 fully saturated rings. The summed E-state index contributed by atoms with van der Waals surface area (Å²) in [5.74, 6) is -0.632. The van der Waals surface area contributed by atoms with Crippen LogP contribution in [0.25, 0.3) is 5.69 Å². The molecule has 0 atom stereocenters. The van der Waals surface area contributed by atoms with Gasteiger partial charge in [-0.3, -0.25) is 9.59 Å². The Kier molecular flexibility index (Phi) is 6.47. The third kappa shape index (κ3) is 4.43. The number of primary sulfonamides is 1. The number of nitrogens with zero attached hydrogens (tertiary/aromatic N) is 1. The summed E-state index contributed by atoms with van der Waals surface area (Å²) >= 11 is 0. The van der Waals surface area contributed by atoms with E-state index in [1.807, 2.05) is 41.8 Å². The molecule has 1 heterocycles. The highest BCUT2D eigenvalue weighted by Crippen LogP contribution is 2.42. The van der Waals surface area contributed by atoms with Gasteiger partial charge in [-0.2, -0.15) is 0 Å². The number of hydrogen-bond acceptors (Lipinski definition) is 5. The van der Waals surface area contributed by atoms with Gasteiger partial charge >= 0.3 is 5.97 Å². The molecule has 34 heavy (non-hydrogen) atoms. The second-order valence-electron chi connectivity index (χ2n) is 8.81. The first kappa shape index (κ1) is 23.9. The van der Waals surface area contributed by atoms with Crippen LogP contribution in [-0.4, -0.2) is 31.3 Å². The van der Waals surface area contributed by atoms with E-state index in [0.717, 1.165) is 24.1 Å². The molecule has 7 nitrogen and oxygen atoms in total. The molecule has 4 rings (SSSR count). The van der Waals surface area contributed by atoms with Gasteiger partial charge in [0.05, 0.1) is 10.3 Å². The van der Waals surface area contributed by atoms with E-state index in [1.54, 1.807) is 25.1 Å². The highest BCUT2D eigenvalue weighted by molar-refractivity contribution is 7.89. The van der Waals surface area contributed by atoms with Gasteiger partial charge in [-0.25, -0.2) is 13.6 Å². The molecule has 0 bridgehead atoms. The fraction of sp³-hybridized carbons (Fsp3) is 0.308. The SMILES string of the molecule is Cc1cc(C(=O)COC(=O)C2(c3ccccc3)CCCC2)c(C)n1-c1ccc(S(N)(=O)=O)cc1. The Bertz CT molecular complexity index is 1320. The molecule has 0 aliphatic heterocycles. The molecule has 1 aromatic heterocycles. The molecule has 8 heteroatoms. The number of carbonyl (C=O) groups is 2. The number of esters is 1. The van der Waals surface area contributed by atoms with Gasteiger partial charge in [-0.05, 0) is 62.6 Å². The molecule has 3 aromatic rings. The summed E-state index contributed by atoms with van der Waals surface area (Å²) < 4.78 is 30.5. The topological polar surface area (TPSA) is 108 Å². The standard InChI is InChI=1S/C26H28N2O5S/c1-18-16-23(19(2)28(18)21-10-12-22(13-11-21)34(27,31)32)24(29)17-33-25(30)26(14-6-7-15-26)20-8-4-3-5-9-20/h3-5,8-13,16H,6-7,14-15,17H2,1-2H3,(H2,27,31,32). The average Bonchev–Trinajstić information content (AvgIpc) is 3.43. The predicted molar refractivity (Wildman–Crippen MR) is 128 cm³/mol. The van der Waals surface area contributed by atoms with E-state index in [4.69, 9.17) is 9.88 Å². The van der Waals surface area contributed by atoms with Gasteiger partial charge in [-0.15, -0.1) is 0 Å². The highest BCUT2D eigenvalue weighted by atomic mass is 32.2. The molecule has 1 aliphatic carbocycles. The summed E-state index contributed by atoms with van der Waals surface area (Å²) in [6.45, 7) is 3.33. The summed E-state index contributed by atoms with van der Waals surface area (Å²) in [6, 6.07) is 17.5. The zero-order valence-corrected chi connectivity index (χ0v) is 20.1. The number of sulfonamides is 1. The van der Waals surface area contributed by atoms with Crippen LogP contribution in [0.15, 0.2) is 65.6 Å². The fourth-order valence-electron chi connectivity index (χ4n) is 4.92. The van der Waals surface area contributed by atoms with Crippen LogP contribution in [-0.2, 0) is 25.0 Å². The summed E-state index contributed by atoms with van der Waals surface area (Å²) in [5.41, 5.74) is 2.89. The summed E-state index contributed by atoms with van der Waals surface area (Å²) in [5, 5.41) is 5.18. The number of ether oxygens (including phenoxy) is 1. The minimum absolute atomic E-state index is 0.0150. The van der Waals surface area contributed by atoms with Crippen LogP contribution < -0.4 is 5.14 Å². The Hall–Kier alpha value is -3.23. The van der Waals surface area contributed by atoms with Gasteiger partial charge in [0.25, 0.3) is 0 Å². The van der Waals surface area contributed by atoms with Gasteiger partial charge in [0.1, 0.15) is 0 Å². The van der Waals surface area contributed by atoms with E-state index < -0.39 is 15.4 Å². The number of hydrogen-bond donors (Lipinski definition) is 1. The molecule has 1 saturated carbocycles.